The van der Waals surface area contributed by atoms with Gasteiger partial charge in [0.15, 0.2) is 11.6 Å². The highest BCUT2D eigenvalue weighted by molar-refractivity contribution is 5.79. The standard InChI is InChI=1S/C25H24FNO5/c26-21-10-9-15(13-23(21)29)24(30)22(28)11-12-27-25(31)32-14-20-18-7-3-1-5-16(18)17-6-2-4-8-19(17)20/h1-10,13,20,22,24,28-30H,11-12,14H2,(H,27,31). The highest BCUT2D eigenvalue weighted by Gasteiger charge is 2.29. The molecule has 0 aromatic heterocycles. The first-order chi connectivity index (χ1) is 15.5. The van der Waals surface area contributed by atoms with E-state index in [0.717, 1.165) is 34.4 Å². The zero-order valence-electron chi connectivity index (χ0n) is 17.2. The quantitative estimate of drug-likeness (QED) is 0.450. The molecule has 0 spiro atoms. The van der Waals surface area contributed by atoms with Gasteiger partial charge in [-0.3, -0.25) is 0 Å². The maximum absolute atomic E-state index is 13.1. The number of hydrogen-bond acceptors (Lipinski definition) is 5. The third-order valence-corrected chi connectivity index (χ3v) is 5.73. The molecule has 3 aromatic rings. The van der Waals surface area contributed by atoms with Gasteiger partial charge in [-0.25, -0.2) is 9.18 Å². The second-order valence-electron chi connectivity index (χ2n) is 7.76. The molecular weight excluding hydrogens is 413 g/mol. The molecule has 0 aliphatic heterocycles. The maximum Gasteiger partial charge on any atom is 0.407 e. The van der Waals surface area contributed by atoms with E-state index in [1.165, 1.54) is 6.07 Å². The molecule has 4 rings (SSSR count). The summed E-state index contributed by atoms with van der Waals surface area (Å²) >= 11 is 0. The lowest BCUT2D eigenvalue weighted by Crippen LogP contribution is -2.30. The Labute approximate surface area is 184 Å². The number of benzene rings is 3. The summed E-state index contributed by atoms with van der Waals surface area (Å²) in [4.78, 5) is 12.2. The Balaban J connectivity index is 1.28. The normalized spacial score (nSPS) is 14.3. The molecule has 32 heavy (non-hydrogen) atoms. The monoisotopic (exact) mass is 437 g/mol. The van der Waals surface area contributed by atoms with Crippen LogP contribution in [0, 0.1) is 5.82 Å². The van der Waals surface area contributed by atoms with Crippen molar-refractivity contribution in [2.75, 3.05) is 13.2 Å². The Hall–Kier alpha value is -3.42. The zero-order chi connectivity index (χ0) is 22.7. The summed E-state index contributed by atoms with van der Waals surface area (Å²) in [6.07, 6.45) is -3.11. The number of fused-ring (bicyclic) bond motifs is 3. The number of halogens is 1. The predicted molar refractivity (Wildman–Crippen MR) is 117 cm³/mol. The van der Waals surface area contributed by atoms with Gasteiger partial charge in [-0.2, -0.15) is 0 Å². The van der Waals surface area contributed by atoms with Crippen molar-refractivity contribution in [3.63, 3.8) is 0 Å². The van der Waals surface area contributed by atoms with E-state index in [1.807, 2.05) is 36.4 Å². The molecule has 166 valence electrons. The second kappa shape index (κ2) is 9.38. The van der Waals surface area contributed by atoms with Crippen LogP contribution in [0.15, 0.2) is 66.7 Å². The van der Waals surface area contributed by atoms with Crippen molar-refractivity contribution in [1.82, 2.24) is 5.32 Å². The maximum atomic E-state index is 13.1. The lowest BCUT2D eigenvalue weighted by atomic mass is 9.98. The minimum absolute atomic E-state index is 0.0451. The average molecular weight is 437 g/mol. The van der Waals surface area contributed by atoms with Crippen LogP contribution in [0.1, 0.15) is 35.1 Å². The van der Waals surface area contributed by atoms with Crippen LogP contribution < -0.4 is 5.32 Å². The third kappa shape index (κ3) is 4.44. The Bertz CT molecular complexity index is 1070. The molecule has 2 unspecified atom stereocenters. The van der Waals surface area contributed by atoms with E-state index in [2.05, 4.69) is 17.4 Å². The van der Waals surface area contributed by atoms with Crippen molar-refractivity contribution in [3.8, 4) is 16.9 Å². The highest BCUT2D eigenvalue weighted by atomic mass is 19.1. The van der Waals surface area contributed by atoms with E-state index in [9.17, 15) is 24.5 Å². The molecule has 0 bridgehead atoms. The fourth-order valence-electron chi connectivity index (χ4n) is 4.07. The SMILES string of the molecule is O=C(NCCC(O)C(O)c1ccc(F)c(O)c1)OCC1c2ccccc2-c2ccccc21. The lowest BCUT2D eigenvalue weighted by molar-refractivity contribution is 0.0135. The summed E-state index contributed by atoms with van der Waals surface area (Å²) < 4.78 is 18.6. The van der Waals surface area contributed by atoms with E-state index in [1.54, 1.807) is 0 Å². The zero-order valence-corrected chi connectivity index (χ0v) is 17.2. The number of aromatic hydroxyl groups is 1. The van der Waals surface area contributed by atoms with Gasteiger partial charge in [-0.05, 0) is 46.4 Å². The summed E-state index contributed by atoms with van der Waals surface area (Å²) in [5, 5.41) is 32.3. The van der Waals surface area contributed by atoms with Gasteiger partial charge >= 0.3 is 6.09 Å². The molecule has 3 aromatic carbocycles. The number of alkyl carbamates (subject to hydrolysis) is 1. The first-order valence-corrected chi connectivity index (χ1v) is 10.4. The van der Waals surface area contributed by atoms with E-state index in [0.29, 0.717) is 0 Å². The predicted octanol–water partition coefficient (Wildman–Crippen LogP) is 3.85. The van der Waals surface area contributed by atoms with Gasteiger partial charge in [-0.15, -0.1) is 0 Å². The second-order valence-corrected chi connectivity index (χ2v) is 7.76. The van der Waals surface area contributed by atoms with Crippen molar-refractivity contribution in [3.05, 3.63) is 89.2 Å². The average Bonchev–Trinajstić information content (AvgIpc) is 3.12. The van der Waals surface area contributed by atoms with Crippen LogP contribution >= 0.6 is 0 Å². The van der Waals surface area contributed by atoms with Crippen LogP contribution in [-0.4, -0.2) is 40.7 Å². The van der Waals surface area contributed by atoms with Crippen molar-refractivity contribution in [2.24, 2.45) is 0 Å². The van der Waals surface area contributed by atoms with E-state index in [4.69, 9.17) is 4.74 Å². The van der Waals surface area contributed by atoms with Crippen molar-refractivity contribution >= 4 is 6.09 Å². The molecule has 0 radical (unpaired) electrons. The van der Waals surface area contributed by atoms with E-state index >= 15 is 0 Å². The number of rotatable bonds is 7. The van der Waals surface area contributed by atoms with Crippen LogP contribution in [0.2, 0.25) is 0 Å². The molecule has 0 saturated carbocycles. The number of amides is 1. The third-order valence-electron chi connectivity index (χ3n) is 5.73. The topological polar surface area (TPSA) is 99.0 Å². The molecule has 1 aliphatic carbocycles. The fourth-order valence-corrected chi connectivity index (χ4v) is 4.07. The number of aliphatic hydroxyl groups excluding tert-OH is 2. The number of aliphatic hydroxyl groups is 2. The molecule has 1 amide bonds. The molecule has 4 N–H and O–H groups in total. The minimum Gasteiger partial charge on any atom is -0.505 e. The molecule has 0 saturated heterocycles. The number of nitrogens with one attached hydrogen (secondary N) is 1. The first-order valence-electron chi connectivity index (χ1n) is 10.4. The highest BCUT2D eigenvalue weighted by Crippen LogP contribution is 2.44. The van der Waals surface area contributed by atoms with Gasteiger partial charge in [0, 0.05) is 12.5 Å². The molecule has 2 atom stereocenters. The number of phenolic OH excluding ortho intramolecular Hbond substituents is 1. The van der Waals surface area contributed by atoms with Gasteiger partial charge < -0.3 is 25.4 Å². The smallest absolute Gasteiger partial charge is 0.407 e. The van der Waals surface area contributed by atoms with Crippen LogP contribution in [0.25, 0.3) is 11.1 Å². The summed E-state index contributed by atoms with van der Waals surface area (Å²) in [6, 6.07) is 19.4. The number of hydrogen-bond donors (Lipinski definition) is 4. The van der Waals surface area contributed by atoms with Gasteiger partial charge in [0.25, 0.3) is 0 Å². The number of phenols is 1. The van der Waals surface area contributed by atoms with Crippen LogP contribution in [0.5, 0.6) is 5.75 Å². The fraction of sp³-hybridized carbons (Fsp3) is 0.240. The molecule has 7 heteroatoms. The molecular formula is C25H24FNO5. The van der Waals surface area contributed by atoms with Gasteiger partial charge in [0.1, 0.15) is 12.7 Å². The summed E-state index contributed by atoms with van der Waals surface area (Å²) in [5.74, 6) is -1.47. The Morgan fingerprint density at radius 3 is 2.25 bits per heavy atom. The number of carbonyl (C=O) groups is 1. The first kappa shape index (κ1) is 21.8. The number of carbonyl (C=O) groups excluding carboxylic acids is 1. The Morgan fingerprint density at radius 2 is 1.62 bits per heavy atom. The summed E-state index contributed by atoms with van der Waals surface area (Å²) in [6.45, 7) is 0.252. The van der Waals surface area contributed by atoms with Crippen molar-refractivity contribution in [2.45, 2.75) is 24.5 Å². The van der Waals surface area contributed by atoms with Crippen LogP contribution in [0.3, 0.4) is 0 Å². The Kier molecular flexibility index (Phi) is 6.39. The van der Waals surface area contributed by atoms with E-state index in [-0.39, 0.29) is 31.1 Å². The lowest BCUT2D eigenvalue weighted by Gasteiger charge is -2.19. The van der Waals surface area contributed by atoms with E-state index < -0.39 is 29.9 Å². The van der Waals surface area contributed by atoms with Crippen molar-refractivity contribution in [1.29, 1.82) is 0 Å². The van der Waals surface area contributed by atoms with Gasteiger partial charge in [0.2, 0.25) is 0 Å². The van der Waals surface area contributed by atoms with Crippen LogP contribution in [0.4, 0.5) is 9.18 Å². The largest absolute Gasteiger partial charge is 0.505 e. The van der Waals surface area contributed by atoms with Crippen molar-refractivity contribution < 1.29 is 29.2 Å². The summed E-state index contributed by atoms with van der Waals surface area (Å²) in [5.41, 5.74) is 4.69. The minimum atomic E-state index is -1.33. The summed E-state index contributed by atoms with van der Waals surface area (Å²) in [7, 11) is 0. The van der Waals surface area contributed by atoms with Gasteiger partial charge in [0.05, 0.1) is 6.10 Å². The van der Waals surface area contributed by atoms with Gasteiger partial charge in [-0.1, -0.05) is 54.6 Å². The molecule has 0 heterocycles. The molecule has 1 aliphatic rings. The molecule has 6 nitrogen and oxygen atoms in total. The van der Waals surface area contributed by atoms with Crippen LogP contribution in [-0.2, 0) is 4.74 Å². The Morgan fingerprint density at radius 1 is 1.00 bits per heavy atom. The number of ether oxygens (including phenoxy) is 1. The molecule has 0 fully saturated rings.